The third kappa shape index (κ3) is 5.23. The van der Waals surface area contributed by atoms with Gasteiger partial charge in [0.25, 0.3) is 5.91 Å². The van der Waals surface area contributed by atoms with E-state index in [0.717, 1.165) is 30.0 Å². The summed E-state index contributed by atoms with van der Waals surface area (Å²) in [6.07, 6.45) is 1.90. The molecule has 0 bridgehead atoms. The monoisotopic (exact) mass is 436 g/mol. The molecule has 2 heterocycles. The molecule has 0 fully saturated rings. The fourth-order valence-corrected chi connectivity index (χ4v) is 5.38. The van der Waals surface area contributed by atoms with E-state index in [-0.39, 0.29) is 18.3 Å². The van der Waals surface area contributed by atoms with Crippen molar-refractivity contribution in [1.29, 1.82) is 0 Å². The second kappa shape index (κ2) is 8.64. The molecule has 0 aliphatic carbocycles. The molecule has 1 aliphatic rings. The number of rotatable bonds is 6. The fraction of sp³-hybridized carbons (Fsp3) is 0.400. The van der Waals surface area contributed by atoms with E-state index in [1.807, 2.05) is 7.05 Å². The van der Waals surface area contributed by atoms with Gasteiger partial charge in [0.2, 0.25) is 0 Å². The summed E-state index contributed by atoms with van der Waals surface area (Å²) in [4.78, 5) is 28.5. The molecule has 1 amide bonds. The molecular weight excluding hydrogens is 412 g/mol. The Morgan fingerprint density at radius 3 is 2.55 bits per heavy atom. The zero-order valence-electron chi connectivity index (χ0n) is 16.6. The van der Waals surface area contributed by atoms with E-state index in [9.17, 15) is 18.0 Å². The van der Waals surface area contributed by atoms with Gasteiger partial charge < -0.3 is 15.0 Å². The number of thiophene rings is 1. The van der Waals surface area contributed by atoms with Crippen LogP contribution >= 0.6 is 11.3 Å². The van der Waals surface area contributed by atoms with Gasteiger partial charge in [-0.15, -0.1) is 11.3 Å². The molecule has 29 heavy (non-hydrogen) atoms. The molecule has 1 aliphatic heterocycles. The lowest BCUT2D eigenvalue weighted by Crippen LogP contribution is -2.26. The highest BCUT2D eigenvalue weighted by Gasteiger charge is 2.28. The quantitative estimate of drug-likeness (QED) is 0.700. The number of carbonyl (C=O) groups excluding carboxylic acids is 2. The number of anilines is 1. The van der Waals surface area contributed by atoms with E-state index in [1.54, 1.807) is 31.2 Å². The number of ether oxygens (including phenoxy) is 1. The average molecular weight is 437 g/mol. The van der Waals surface area contributed by atoms with Crippen LogP contribution in [0.2, 0.25) is 0 Å². The van der Waals surface area contributed by atoms with E-state index in [1.165, 1.54) is 17.6 Å². The average Bonchev–Trinajstić information content (AvgIpc) is 2.98. The van der Waals surface area contributed by atoms with E-state index >= 15 is 0 Å². The fourth-order valence-electron chi connectivity index (χ4n) is 3.27. The van der Waals surface area contributed by atoms with Crippen molar-refractivity contribution in [3.05, 3.63) is 51.4 Å². The molecule has 7 nitrogen and oxygen atoms in total. The first-order valence-electron chi connectivity index (χ1n) is 9.26. The molecule has 0 radical (unpaired) electrons. The number of nitrogens with one attached hydrogen (secondary N) is 1. The van der Waals surface area contributed by atoms with Crippen LogP contribution in [-0.2, 0) is 33.3 Å². The first kappa shape index (κ1) is 21.5. The van der Waals surface area contributed by atoms with Gasteiger partial charge in [0.15, 0.2) is 9.84 Å². The van der Waals surface area contributed by atoms with Crippen LogP contribution in [0.5, 0.6) is 0 Å². The van der Waals surface area contributed by atoms with Crippen LogP contribution < -0.4 is 5.32 Å². The summed E-state index contributed by atoms with van der Waals surface area (Å²) in [5, 5.41) is 3.34. The Kier molecular flexibility index (Phi) is 6.40. The summed E-state index contributed by atoms with van der Waals surface area (Å²) in [6.45, 7) is 3.58. The Labute approximate surface area is 174 Å². The lowest BCUT2D eigenvalue weighted by molar-refractivity contribution is 0.0526. The third-order valence-corrected chi connectivity index (χ3v) is 6.59. The molecule has 2 aromatic rings. The molecule has 1 N–H and O–H groups in total. The van der Waals surface area contributed by atoms with E-state index in [4.69, 9.17) is 4.74 Å². The third-order valence-electron chi connectivity index (χ3n) is 4.60. The van der Waals surface area contributed by atoms with E-state index < -0.39 is 15.8 Å². The van der Waals surface area contributed by atoms with Crippen molar-refractivity contribution >= 4 is 38.1 Å². The number of esters is 1. The van der Waals surface area contributed by atoms with E-state index in [0.29, 0.717) is 21.7 Å². The molecule has 0 atom stereocenters. The normalized spacial score (nSPS) is 14.3. The first-order chi connectivity index (χ1) is 13.7. The van der Waals surface area contributed by atoms with Crippen LogP contribution in [0.3, 0.4) is 0 Å². The molecule has 0 spiro atoms. The van der Waals surface area contributed by atoms with Gasteiger partial charge in [0.05, 0.1) is 17.9 Å². The summed E-state index contributed by atoms with van der Waals surface area (Å²) in [5.74, 6) is -0.852. The summed E-state index contributed by atoms with van der Waals surface area (Å²) in [6, 6.07) is 6.41. The maximum atomic E-state index is 12.7. The molecule has 1 aromatic heterocycles. The van der Waals surface area contributed by atoms with Crippen LogP contribution in [-0.4, -0.2) is 51.6 Å². The number of fused-ring (bicyclic) bond motifs is 1. The number of amides is 1. The van der Waals surface area contributed by atoms with Gasteiger partial charge in [-0.2, -0.15) is 0 Å². The van der Waals surface area contributed by atoms with Crippen molar-refractivity contribution < 1.29 is 22.7 Å². The molecular formula is C20H24N2O5S2. The SMILES string of the molecule is CCOC(=O)c1c(NC(=O)c2ccc(CS(C)(=O)=O)cc2)sc2c1CCN(C)C2. The van der Waals surface area contributed by atoms with Crippen molar-refractivity contribution in [2.24, 2.45) is 0 Å². The van der Waals surface area contributed by atoms with Gasteiger partial charge in [0, 0.05) is 29.8 Å². The standard InChI is InChI=1S/C20H24N2O5S2/c1-4-27-20(24)17-15-9-10-22(2)11-16(15)28-19(17)21-18(23)14-7-5-13(6-8-14)12-29(3,25)26/h5-8H,4,9-12H2,1-3H3,(H,21,23). The van der Waals surface area contributed by atoms with Crippen LogP contribution in [0.15, 0.2) is 24.3 Å². The number of sulfone groups is 1. The van der Waals surface area contributed by atoms with Crippen molar-refractivity contribution in [1.82, 2.24) is 4.90 Å². The molecule has 9 heteroatoms. The Bertz CT molecular complexity index is 1030. The number of carbonyl (C=O) groups is 2. The molecule has 3 rings (SSSR count). The van der Waals surface area contributed by atoms with Crippen LogP contribution in [0, 0.1) is 0 Å². The minimum Gasteiger partial charge on any atom is -0.462 e. The van der Waals surface area contributed by atoms with Crippen molar-refractivity contribution in [3.8, 4) is 0 Å². The van der Waals surface area contributed by atoms with Gasteiger partial charge in [0.1, 0.15) is 5.00 Å². The maximum absolute atomic E-state index is 12.7. The minimum absolute atomic E-state index is 0.0763. The molecule has 1 aromatic carbocycles. The van der Waals surface area contributed by atoms with Gasteiger partial charge in [-0.05, 0) is 43.7 Å². The summed E-state index contributed by atoms with van der Waals surface area (Å²) >= 11 is 1.40. The molecule has 0 saturated heterocycles. The Hall–Kier alpha value is -2.23. The van der Waals surface area contributed by atoms with Crippen molar-refractivity contribution in [3.63, 3.8) is 0 Å². The second-order valence-electron chi connectivity index (χ2n) is 7.14. The lowest BCUT2D eigenvalue weighted by Gasteiger charge is -2.22. The van der Waals surface area contributed by atoms with Gasteiger partial charge >= 0.3 is 5.97 Å². The smallest absolute Gasteiger partial charge is 0.341 e. The van der Waals surface area contributed by atoms with Crippen LogP contribution in [0.1, 0.15) is 43.6 Å². The Balaban J connectivity index is 1.85. The summed E-state index contributed by atoms with van der Waals surface area (Å²) in [5.41, 5.74) is 2.40. The van der Waals surface area contributed by atoms with Crippen molar-refractivity contribution in [2.45, 2.75) is 25.6 Å². The molecule has 0 unspecified atom stereocenters. The summed E-state index contributed by atoms with van der Waals surface area (Å²) in [7, 11) is -1.12. The highest BCUT2D eigenvalue weighted by Crippen LogP contribution is 2.37. The largest absolute Gasteiger partial charge is 0.462 e. The van der Waals surface area contributed by atoms with Crippen LogP contribution in [0.4, 0.5) is 5.00 Å². The zero-order valence-corrected chi connectivity index (χ0v) is 18.3. The van der Waals surface area contributed by atoms with Gasteiger partial charge in [-0.3, -0.25) is 4.79 Å². The molecule has 0 saturated carbocycles. The maximum Gasteiger partial charge on any atom is 0.341 e. The van der Waals surface area contributed by atoms with Crippen molar-refractivity contribution in [2.75, 3.05) is 31.8 Å². The highest BCUT2D eigenvalue weighted by atomic mass is 32.2. The summed E-state index contributed by atoms with van der Waals surface area (Å²) < 4.78 is 28.0. The second-order valence-corrected chi connectivity index (χ2v) is 10.4. The minimum atomic E-state index is -3.14. The number of likely N-dealkylation sites (N-methyl/N-ethyl adjacent to an activating group) is 1. The zero-order chi connectivity index (χ0) is 21.2. The van der Waals surface area contributed by atoms with Crippen LogP contribution in [0.25, 0.3) is 0 Å². The van der Waals surface area contributed by atoms with Gasteiger partial charge in [-0.25, -0.2) is 13.2 Å². The predicted molar refractivity (Wildman–Crippen MR) is 113 cm³/mol. The number of nitrogens with zero attached hydrogens (tertiary/aromatic N) is 1. The molecule has 156 valence electrons. The lowest BCUT2D eigenvalue weighted by atomic mass is 10.0. The first-order valence-corrected chi connectivity index (χ1v) is 12.1. The number of benzene rings is 1. The van der Waals surface area contributed by atoms with Gasteiger partial charge in [-0.1, -0.05) is 12.1 Å². The Morgan fingerprint density at radius 1 is 1.24 bits per heavy atom. The Morgan fingerprint density at radius 2 is 1.93 bits per heavy atom. The predicted octanol–water partition coefficient (Wildman–Crippen LogP) is 2.71. The highest BCUT2D eigenvalue weighted by molar-refractivity contribution is 7.89. The van der Waals surface area contributed by atoms with E-state index in [2.05, 4.69) is 10.2 Å². The topological polar surface area (TPSA) is 92.8 Å². The number of hydrogen-bond acceptors (Lipinski definition) is 7. The number of hydrogen-bond donors (Lipinski definition) is 1.